The van der Waals surface area contributed by atoms with Gasteiger partial charge in [-0.3, -0.25) is 19.7 Å². The molecule has 1 heterocycles. The molecule has 0 aliphatic carbocycles. The van der Waals surface area contributed by atoms with E-state index < -0.39 is 24.4 Å². The summed E-state index contributed by atoms with van der Waals surface area (Å²) in [5.74, 6) is -2.49. The van der Waals surface area contributed by atoms with Crippen molar-refractivity contribution < 1.29 is 23.9 Å². The summed E-state index contributed by atoms with van der Waals surface area (Å²) in [6.07, 6.45) is 0. The number of rotatable bonds is 6. The molecule has 3 amide bonds. The van der Waals surface area contributed by atoms with Gasteiger partial charge in [0, 0.05) is 5.56 Å². The molecule has 0 aliphatic heterocycles. The van der Waals surface area contributed by atoms with Crippen LogP contribution in [0.4, 0.5) is 5.69 Å². The zero-order chi connectivity index (χ0) is 20.6. The van der Waals surface area contributed by atoms with E-state index in [0.29, 0.717) is 10.4 Å². The molecular weight excluding hydrogens is 392 g/mol. The lowest BCUT2D eigenvalue weighted by Gasteiger charge is -2.11. The number of esters is 1. The molecule has 2 aromatic carbocycles. The number of ether oxygens (including phenoxy) is 1. The average molecular weight is 408 g/mol. The van der Waals surface area contributed by atoms with Crippen LogP contribution in [-0.4, -0.2) is 30.3 Å². The molecule has 29 heavy (non-hydrogen) atoms. The smallest absolute Gasteiger partial charge is 0.340 e. The highest BCUT2D eigenvalue weighted by atomic mass is 32.1. The summed E-state index contributed by atoms with van der Waals surface area (Å²) in [5, 5.41) is 6.50. The van der Waals surface area contributed by atoms with Crippen LogP contribution in [0.1, 0.15) is 30.4 Å². The molecule has 0 radical (unpaired) electrons. The molecule has 0 aliphatic rings. The first kappa shape index (κ1) is 20.0. The van der Waals surface area contributed by atoms with Crippen molar-refractivity contribution in [2.75, 3.05) is 11.9 Å². The molecule has 3 rings (SSSR count). The van der Waals surface area contributed by atoms with Crippen LogP contribution < -0.4 is 10.6 Å². The number of carbonyl (C=O) groups is 4. The third-order valence-corrected chi connectivity index (χ3v) is 4.63. The van der Waals surface area contributed by atoms with Gasteiger partial charge in [0.1, 0.15) is 0 Å². The average Bonchev–Trinajstić information content (AvgIpc) is 3.28. The van der Waals surface area contributed by atoms with Gasteiger partial charge in [-0.05, 0) is 35.7 Å². The summed E-state index contributed by atoms with van der Waals surface area (Å²) >= 11 is 1.19. The normalized spacial score (nSPS) is 10.1. The maximum atomic E-state index is 12.4. The lowest BCUT2D eigenvalue weighted by atomic mass is 10.1. The Morgan fingerprint density at radius 3 is 2.28 bits per heavy atom. The van der Waals surface area contributed by atoms with Crippen molar-refractivity contribution in [3.05, 3.63) is 88.1 Å². The fraction of sp³-hybridized carbons (Fsp3) is 0.0476. The quantitative estimate of drug-likeness (QED) is 0.610. The molecule has 0 atom stereocenters. The third kappa shape index (κ3) is 5.36. The number of para-hydroxylation sites is 1. The number of nitrogens with one attached hydrogen (secondary N) is 2. The number of hydrogen-bond acceptors (Lipinski definition) is 6. The van der Waals surface area contributed by atoms with Crippen molar-refractivity contribution in [3.8, 4) is 0 Å². The van der Waals surface area contributed by atoms with E-state index in [4.69, 9.17) is 4.74 Å². The second-order valence-electron chi connectivity index (χ2n) is 5.80. The van der Waals surface area contributed by atoms with Crippen molar-refractivity contribution in [2.45, 2.75) is 0 Å². The maximum Gasteiger partial charge on any atom is 0.340 e. The van der Waals surface area contributed by atoms with Gasteiger partial charge in [-0.1, -0.05) is 36.4 Å². The van der Waals surface area contributed by atoms with Crippen molar-refractivity contribution >= 4 is 40.7 Å². The summed E-state index contributed by atoms with van der Waals surface area (Å²) < 4.78 is 4.98. The Kier molecular flexibility index (Phi) is 6.49. The molecule has 0 saturated carbocycles. The fourth-order valence-electron chi connectivity index (χ4n) is 2.40. The predicted molar refractivity (Wildman–Crippen MR) is 108 cm³/mol. The largest absolute Gasteiger partial charge is 0.452 e. The summed E-state index contributed by atoms with van der Waals surface area (Å²) in [6.45, 7) is -0.628. The van der Waals surface area contributed by atoms with Gasteiger partial charge in [0.2, 0.25) is 0 Å². The number of benzene rings is 2. The van der Waals surface area contributed by atoms with Gasteiger partial charge >= 0.3 is 5.97 Å². The minimum atomic E-state index is -0.798. The zero-order valence-corrected chi connectivity index (χ0v) is 15.9. The van der Waals surface area contributed by atoms with Crippen LogP contribution in [0, 0.1) is 0 Å². The first-order valence-electron chi connectivity index (χ1n) is 8.55. The minimum absolute atomic E-state index is 0.0918. The Morgan fingerprint density at radius 2 is 1.55 bits per heavy atom. The molecule has 0 unspecified atom stereocenters. The standard InChI is InChI=1S/C21H16N2O5S/c24-18(23-20(26)17-11-6-12-29-17)13-28-21(27)15-9-4-5-10-16(15)22-19(25)14-7-2-1-3-8-14/h1-12H,13H2,(H,22,25)(H,23,24,26). The molecule has 0 bridgehead atoms. The molecule has 0 spiro atoms. The number of amides is 3. The molecule has 2 N–H and O–H groups in total. The van der Waals surface area contributed by atoms with E-state index in [1.807, 2.05) is 0 Å². The van der Waals surface area contributed by atoms with Crippen LogP contribution in [0.25, 0.3) is 0 Å². The van der Waals surface area contributed by atoms with Crippen LogP contribution in [0.3, 0.4) is 0 Å². The fourth-order valence-corrected chi connectivity index (χ4v) is 3.01. The van der Waals surface area contributed by atoms with E-state index in [2.05, 4.69) is 10.6 Å². The number of thiophene rings is 1. The number of anilines is 1. The van der Waals surface area contributed by atoms with E-state index in [1.54, 1.807) is 66.0 Å². The predicted octanol–water partition coefficient (Wildman–Crippen LogP) is 3.11. The van der Waals surface area contributed by atoms with Gasteiger partial charge in [0.05, 0.1) is 16.1 Å². The van der Waals surface area contributed by atoms with Gasteiger partial charge in [-0.15, -0.1) is 11.3 Å². The number of carbonyl (C=O) groups excluding carboxylic acids is 4. The molecular formula is C21H16N2O5S. The van der Waals surface area contributed by atoms with E-state index in [1.165, 1.54) is 17.4 Å². The summed E-state index contributed by atoms with van der Waals surface area (Å²) in [4.78, 5) is 48.8. The Balaban J connectivity index is 1.60. The third-order valence-electron chi connectivity index (χ3n) is 3.76. The molecule has 0 saturated heterocycles. The molecule has 146 valence electrons. The van der Waals surface area contributed by atoms with E-state index in [9.17, 15) is 19.2 Å². The van der Waals surface area contributed by atoms with Crippen molar-refractivity contribution in [2.24, 2.45) is 0 Å². The molecule has 3 aromatic rings. The number of hydrogen-bond donors (Lipinski definition) is 2. The lowest BCUT2D eigenvalue weighted by molar-refractivity contribution is -0.123. The Labute approximate surface area is 170 Å². The van der Waals surface area contributed by atoms with Crippen LogP contribution in [0.15, 0.2) is 72.1 Å². The first-order chi connectivity index (χ1) is 14.0. The SMILES string of the molecule is O=C(COC(=O)c1ccccc1NC(=O)c1ccccc1)NC(=O)c1cccs1. The highest BCUT2D eigenvalue weighted by Gasteiger charge is 2.18. The van der Waals surface area contributed by atoms with E-state index >= 15 is 0 Å². The van der Waals surface area contributed by atoms with Crippen molar-refractivity contribution in [3.63, 3.8) is 0 Å². The zero-order valence-electron chi connectivity index (χ0n) is 15.1. The van der Waals surface area contributed by atoms with Crippen LogP contribution in [0.2, 0.25) is 0 Å². The summed E-state index contributed by atoms with van der Waals surface area (Å²) in [6, 6.07) is 18.1. The Hall–Kier alpha value is -3.78. The highest BCUT2D eigenvalue weighted by Crippen LogP contribution is 2.17. The summed E-state index contributed by atoms with van der Waals surface area (Å²) in [5.41, 5.74) is 0.776. The molecule has 0 fully saturated rings. The van der Waals surface area contributed by atoms with Gasteiger partial charge in [-0.25, -0.2) is 4.79 Å². The minimum Gasteiger partial charge on any atom is -0.452 e. The second-order valence-corrected chi connectivity index (χ2v) is 6.74. The molecule has 7 nitrogen and oxygen atoms in total. The van der Waals surface area contributed by atoms with Gasteiger partial charge < -0.3 is 10.1 Å². The van der Waals surface area contributed by atoms with Gasteiger partial charge in [-0.2, -0.15) is 0 Å². The number of imide groups is 1. The van der Waals surface area contributed by atoms with Gasteiger partial charge in [0.25, 0.3) is 17.7 Å². The topological polar surface area (TPSA) is 102 Å². The van der Waals surface area contributed by atoms with Crippen molar-refractivity contribution in [1.82, 2.24) is 5.32 Å². The van der Waals surface area contributed by atoms with Crippen LogP contribution in [-0.2, 0) is 9.53 Å². The maximum absolute atomic E-state index is 12.4. The monoisotopic (exact) mass is 408 g/mol. The molecule has 8 heteroatoms. The second kappa shape index (κ2) is 9.43. The van der Waals surface area contributed by atoms with Crippen LogP contribution in [0.5, 0.6) is 0 Å². The van der Waals surface area contributed by atoms with Crippen molar-refractivity contribution in [1.29, 1.82) is 0 Å². The van der Waals surface area contributed by atoms with E-state index in [0.717, 1.165) is 0 Å². The van der Waals surface area contributed by atoms with Crippen LogP contribution >= 0.6 is 11.3 Å². The first-order valence-corrected chi connectivity index (χ1v) is 9.43. The van der Waals surface area contributed by atoms with Gasteiger partial charge in [0.15, 0.2) is 6.61 Å². The highest BCUT2D eigenvalue weighted by molar-refractivity contribution is 7.12. The lowest BCUT2D eigenvalue weighted by Crippen LogP contribution is -2.33. The Bertz CT molecular complexity index is 1030. The Morgan fingerprint density at radius 1 is 0.828 bits per heavy atom. The summed E-state index contributed by atoms with van der Waals surface area (Å²) in [7, 11) is 0. The molecule has 1 aromatic heterocycles. The van der Waals surface area contributed by atoms with E-state index in [-0.39, 0.29) is 17.2 Å².